The zero-order valence-corrected chi connectivity index (χ0v) is 21.5. The molecule has 0 radical (unpaired) electrons. The molecule has 6 amide bonds. The normalized spacial score (nSPS) is 23.8. The summed E-state index contributed by atoms with van der Waals surface area (Å²) in [4.78, 5) is 54.8. The van der Waals surface area contributed by atoms with Gasteiger partial charge in [-0.05, 0) is 91.0 Å². The van der Waals surface area contributed by atoms with E-state index in [0.29, 0.717) is 42.9 Å². The van der Waals surface area contributed by atoms with E-state index in [4.69, 9.17) is 0 Å². The first kappa shape index (κ1) is 25.3. The first-order valence-corrected chi connectivity index (χ1v) is 13.2. The van der Waals surface area contributed by atoms with Crippen LogP contribution in [0.1, 0.15) is 47.9 Å². The molecule has 39 heavy (non-hydrogen) atoms. The predicted molar refractivity (Wildman–Crippen MR) is 137 cm³/mol. The quantitative estimate of drug-likeness (QED) is 0.521. The number of nitrogens with one attached hydrogen (secondary N) is 3. The number of halogens is 2. The van der Waals surface area contributed by atoms with Crippen molar-refractivity contribution in [2.45, 2.75) is 56.7 Å². The number of urea groups is 2. The van der Waals surface area contributed by atoms with Gasteiger partial charge in [0.05, 0.1) is 5.69 Å². The Labute approximate surface area is 223 Å². The molecule has 1 saturated carbocycles. The third kappa shape index (κ3) is 4.29. The molecule has 11 heteroatoms. The molecule has 1 unspecified atom stereocenters. The fourth-order valence-corrected chi connectivity index (χ4v) is 6.29. The Bertz CT molecular complexity index is 1410. The Hall–Kier alpha value is -4.02. The summed E-state index contributed by atoms with van der Waals surface area (Å²) in [5.41, 5.74) is 1.22. The van der Waals surface area contributed by atoms with Gasteiger partial charge in [0.1, 0.15) is 23.7 Å². The standard InChI is InChI=1S/C28H29F2N5O4/c1-31-26(38)32-22-11-17-8-9-28(20(17)12-21(22)30)25(37)35(27(39)33-28)14-24(36)34-13-18-4-6-19(29)10-16(18)5-7-23(34)15-2-3-15/h4,6,10-12,15,23H,2-3,5,7-9,13-14H2,1H3,(H,33,39)(H2,31,32,38)/t23?,28-/m1/s1. The van der Waals surface area contributed by atoms with Crippen LogP contribution in [0.15, 0.2) is 30.3 Å². The molecule has 204 valence electrons. The van der Waals surface area contributed by atoms with Gasteiger partial charge < -0.3 is 20.9 Å². The van der Waals surface area contributed by atoms with Crippen LogP contribution in [0.4, 0.5) is 24.1 Å². The average molecular weight is 538 g/mol. The van der Waals surface area contributed by atoms with Crippen molar-refractivity contribution in [3.8, 4) is 0 Å². The van der Waals surface area contributed by atoms with Crippen LogP contribution in [-0.2, 0) is 34.5 Å². The van der Waals surface area contributed by atoms with Gasteiger partial charge in [-0.1, -0.05) is 6.07 Å². The lowest BCUT2D eigenvalue weighted by molar-refractivity contribution is -0.141. The number of imide groups is 1. The van der Waals surface area contributed by atoms with Crippen LogP contribution in [-0.4, -0.2) is 53.3 Å². The highest BCUT2D eigenvalue weighted by Gasteiger charge is 2.56. The van der Waals surface area contributed by atoms with Gasteiger partial charge in [-0.15, -0.1) is 0 Å². The Kier molecular flexibility index (Phi) is 6.04. The molecule has 2 aliphatic heterocycles. The number of nitrogens with zero attached hydrogens (tertiary/aromatic N) is 2. The number of hydrogen-bond acceptors (Lipinski definition) is 4. The van der Waals surface area contributed by atoms with E-state index >= 15 is 0 Å². The first-order chi connectivity index (χ1) is 18.7. The molecule has 2 heterocycles. The second kappa shape index (κ2) is 9.32. The molecule has 1 saturated heterocycles. The maximum Gasteiger partial charge on any atom is 0.325 e. The molecule has 6 rings (SSSR count). The second-order valence-electron chi connectivity index (χ2n) is 10.8. The Balaban J connectivity index is 1.24. The van der Waals surface area contributed by atoms with E-state index in [-0.39, 0.29) is 29.9 Å². The predicted octanol–water partition coefficient (Wildman–Crippen LogP) is 3.16. The molecule has 0 bridgehead atoms. The summed E-state index contributed by atoms with van der Waals surface area (Å²) in [7, 11) is 1.41. The van der Waals surface area contributed by atoms with Gasteiger partial charge in [-0.2, -0.15) is 0 Å². The smallest absolute Gasteiger partial charge is 0.325 e. The van der Waals surface area contributed by atoms with Gasteiger partial charge in [-0.3, -0.25) is 14.5 Å². The van der Waals surface area contributed by atoms with Crippen molar-refractivity contribution in [1.82, 2.24) is 20.4 Å². The Morgan fingerprint density at radius 1 is 1.05 bits per heavy atom. The van der Waals surface area contributed by atoms with Crippen LogP contribution < -0.4 is 16.0 Å². The third-order valence-electron chi connectivity index (χ3n) is 8.47. The van der Waals surface area contributed by atoms with Crippen LogP contribution in [0, 0.1) is 17.6 Å². The van der Waals surface area contributed by atoms with Crippen LogP contribution in [0.3, 0.4) is 0 Å². The zero-order chi connectivity index (χ0) is 27.5. The fraction of sp³-hybridized carbons (Fsp3) is 0.429. The molecule has 2 aliphatic carbocycles. The second-order valence-corrected chi connectivity index (χ2v) is 10.8. The van der Waals surface area contributed by atoms with Crippen molar-refractivity contribution in [2.75, 3.05) is 18.9 Å². The number of carbonyl (C=O) groups excluding carboxylic acids is 4. The van der Waals surface area contributed by atoms with Crippen molar-refractivity contribution < 1.29 is 28.0 Å². The maximum absolute atomic E-state index is 14.9. The Morgan fingerprint density at radius 3 is 2.59 bits per heavy atom. The largest absolute Gasteiger partial charge is 0.341 e. The van der Waals surface area contributed by atoms with E-state index in [1.165, 1.54) is 31.3 Å². The van der Waals surface area contributed by atoms with Crippen molar-refractivity contribution >= 4 is 29.6 Å². The number of rotatable bonds is 4. The molecule has 0 aromatic heterocycles. The van der Waals surface area contributed by atoms with E-state index in [0.717, 1.165) is 28.9 Å². The number of benzene rings is 2. The van der Waals surface area contributed by atoms with E-state index < -0.39 is 35.9 Å². The van der Waals surface area contributed by atoms with E-state index in [1.807, 2.05) is 0 Å². The van der Waals surface area contributed by atoms with Crippen LogP contribution >= 0.6 is 0 Å². The summed E-state index contributed by atoms with van der Waals surface area (Å²) < 4.78 is 28.8. The number of hydrogen-bond donors (Lipinski definition) is 3. The lowest BCUT2D eigenvalue weighted by Gasteiger charge is -2.31. The average Bonchev–Trinajstić information content (AvgIpc) is 3.68. The van der Waals surface area contributed by atoms with E-state index in [2.05, 4.69) is 16.0 Å². The van der Waals surface area contributed by atoms with Crippen LogP contribution in [0.5, 0.6) is 0 Å². The van der Waals surface area contributed by atoms with Gasteiger partial charge in [0.15, 0.2) is 0 Å². The number of fused-ring (bicyclic) bond motifs is 3. The molecule has 2 atom stereocenters. The highest BCUT2D eigenvalue weighted by molar-refractivity contribution is 6.10. The summed E-state index contributed by atoms with van der Waals surface area (Å²) >= 11 is 0. The lowest BCUT2D eigenvalue weighted by Crippen LogP contribution is -2.48. The van der Waals surface area contributed by atoms with Gasteiger partial charge >= 0.3 is 12.1 Å². The fourth-order valence-electron chi connectivity index (χ4n) is 6.29. The zero-order valence-electron chi connectivity index (χ0n) is 21.5. The van der Waals surface area contributed by atoms with Gasteiger partial charge in [0.2, 0.25) is 5.91 Å². The molecular formula is C28H29F2N5O4. The monoisotopic (exact) mass is 537 g/mol. The molecule has 2 aromatic rings. The first-order valence-electron chi connectivity index (χ1n) is 13.2. The molecular weight excluding hydrogens is 508 g/mol. The molecule has 1 spiro atoms. The minimum Gasteiger partial charge on any atom is -0.341 e. The summed E-state index contributed by atoms with van der Waals surface area (Å²) in [6.07, 6.45) is 3.96. The van der Waals surface area contributed by atoms with Gasteiger partial charge in [-0.25, -0.2) is 18.4 Å². The van der Waals surface area contributed by atoms with Crippen molar-refractivity contribution in [2.24, 2.45) is 5.92 Å². The minimum absolute atomic E-state index is 0.0265. The summed E-state index contributed by atoms with van der Waals surface area (Å²) in [5, 5.41) is 7.51. The third-order valence-corrected chi connectivity index (χ3v) is 8.47. The molecule has 2 aromatic carbocycles. The van der Waals surface area contributed by atoms with Gasteiger partial charge in [0, 0.05) is 19.6 Å². The summed E-state index contributed by atoms with van der Waals surface area (Å²) in [5.74, 6) is -1.64. The number of carbonyl (C=O) groups is 4. The molecule has 2 fully saturated rings. The van der Waals surface area contributed by atoms with E-state index in [1.54, 1.807) is 11.0 Å². The molecule has 9 nitrogen and oxygen atoms in total. The van der Waals surface area contributed by atoms with Crippen molar-refractivity contribution in [3.63, 3.8) is 0 Å². The lowest BCUT2D eigenvalue weighted by atomic mass is 9.91. The van der Waals surface area contributed by atoms with Crippen LogP contribution in [0.2, 0.25) is 0 Å². The van der Waals surface area contributed by atoms with Crippen molar-refractivity contribution in [3.05, 3.63) is 64.2 Å². The highest BCUT2D eigenvalue weighted by Crippen LogP contribution is 2.44. The topological polar surface area (TPSA) is 111 Å². The number of anilines is 1. The highest BCUT2D eigenvalue weighted by atomic mass is 19.1. The number of amides is 6. The number of aryl methyl sites for hydroxylation is 2. The molecule has 4 aliphatic rings. The minimum atomic E-state index is -1.46. The summed E-state index contributed by atoms with van der Waals surface area (Å²) in [6.45, 7) is -0.139. The Morgan fingerprint density at radius 2 is 1.85 bits per heavy atom. The van der Waals surface area contributed by atoms with Crippen LogP contribution in [0.25, 0.3) is 0 Å². The molecule has 3 N–H and O–H groups in total. The van der Waals surface area contributed by atoms with Gasteiger partial charge in [0.25, 0.3) is 5.91 Å². The summed E-state index contributed by atoms with van der Waals surface area (Å²) in [6, 6.07) is 5.91. The maximum atomic E-state index is 14.9. The SMILES string of the molecule is CNC(=O)Nc1cc2c(cc1F)[C@@]1(CC2)NC(=O)N(CC(=O)N2Cc3ccc(F)cc3CCC2C2CC2)C1=O. The van der Waals surface area contributed by atoms with Crippen molar-refractivity contribution in [1.29, 1.82) is 0 Å². The van der Waals surface area contributed by atoms with E-state index in [9.17, 15) is 28.0 Å².